The topological polar surface area (TPSA) is 76.3 Å². The van der Waals surface area contributed by atoms with Gasteiger partial charge in [0.05, 0.1) is 5.69 Å². The van der Waals surface area contributed by atoms with Crippen LogP contribution in [0.1, 0.15) is 18.5 Å². The minimum Gasteiger partial charge on any atom is -0.327 e. The molecule has 0 aliphatic carbocycles. The van der Waals surface area contributed by atoms with Crippen LogP contribution in [0.15, 0.2) is 24.4 Å². The molecule has 1 aliphatic heterocycles. The first-order valence-electron chi connectivity index (χ1n) is 5.71. The summed E-state index contributed by atoms with van der Waals surface area (Å²) < 4.78 is 25.7. The summed E-state index contributed by atoms with van der Waals surface area (Å²) in [6, 6.07) is 5.25. The van der Waals surface area contributed by atoms with Crippen molar-refractivity contribution in [3.05, 3.63) is 30.1 Å². The Balaban J connectivity index is 2.08. The van der Waals surface area contributed by atoms with Crippen LogP contribution in [-0.4, -0.2) is 36.8 Å². The van der Waals surface area contributed by atoms with Gasteiger partial charge in [-0.25, -0.2) is 12.7 Å². The molecule has 0 saturated carbocycles. The Morgan fingerprint density at radius 2 is 2.29 bits per heavy atom. The van der Waals surface area contributed by atoms with Crippen molar-refractivity contribution in [2.75, 3.05) is 13.1 Å². The van der Waals surface area contributed by atoms with Gasteiger partial charge in [-0.05, 0) is 25.0 Å². The molecule has 1 aliphatic rings. The Morgan fingerprint density at radius 3 is 2.94 bits per heavy atom. The summed E-state index contributed by atoms with van der Waals surface area (Å²) in [5, 5.41) is 0. The molecular formula is C11H17N3O2S. The summed E-state index contributed by atoms with van der Waals surface area (Å²) >= 11 is 0. The Kier molecular flexibility index (Phi) is 3.76. The second kappa shape index (κ2) is 5.12. The smallest absolute Gasteiger partial charge is 0.219 e. The molecule has 1 saturated heterocycles. The van der Waals surface area contributed by atoms with E-state index in [1.807, 2.05) is 0 Å². The maximum atomic E-state index is 12.1. The van der Waals surface area contributed by atoms with Crippen LogP contribution in [0.3, 0.4) is 0 Å². The average Bonchev–Trinajstić information content (AvgIpc) is 2.30. The van der Waals surface area contributed by atoms with E-state index in [9.17, 15) is 8.42 Å². The van der Waals surface area contributed by atoms with Crippen molar-refractivity contribution in [3.8, 4) is 0 Å². The van der Waals surface area contributed by atoms with Crippen LogP contribution < -0.4 is 5.73 Å². The number of sulfonamides is 1. The van der Waals surface area contributed by atoms with Crippen molar-refractivity contribution >= 4 is 10.0 Å². The quantitative estimate of drug-likeness (QED) is 0.844. The van der Waals surface area contributed by atoms with E-state index >= 15 is 0 Å². The SMILES string of the molecule is NC1CCCN(S(=O)(=O)Cc2ccccn2)C1. The second-order valence-corrected chi connectivity index (χ2v) is 6.31. The fraction of sp³-hybridized carbons (Fsp3) is 0.545. The van der Waals surface area contributed by atoms with Gasteiger partial charge in [0.25, 0.3) is 0 Å². The van der Waals surface area contributed by atoms with Crippen LogP contribution in [0.2, 0.25) is 0 Å². The highest BCUT2D eigenvalue weighted by Gasteiger charge is 2.27. The zero-order valence-corrected chi connectivity index (χ0v) is 10.4. The number of hydrogen-bond donors (Lipinski definition) is 1. The summed E-state index contributed by atoms with van der Waals surface area (Å²) in [6.45, 7) is 0.998. The normalized spacial score (nSPS) is 22.5. The number of nitrogens with zero attached hydrogens (tertiary/aromatic N) is 2. The van der Waals surface area contributed by atoms with Crippen LogP contribution in [0, 0.1) is 0 Å². The molecule has 5 nitrogen and oxygen atoms in total. The molecule has 1 fully saturated rings. The van der Waals surface area contributed by atoms with E-state index < -0.39 is 10.0 Å². The summed E-state index contributed by atoms with van der Waals surface area (Å²) in [6.07, 6.45) is 3.34. The van der Waals surface area contributed by atoms with Gasteiger partial charge in [0.15, 0.2) is 0 Å². The lowest BCUT2D eigenvalue weighted by Gasteiger charge is -2.29. The average molecular weight is 255 g/mol. The molecule has 17 heavy (non-hydrogen) atoms. The molecule has 0 amide bonds. The number of rotatable bonds is 3. The van der Waals surface area contributed by atoms with E-state index in [0.29, 0.717) is 18.8 Å². The van der Waals surface area contributed by atoms with Crippen molar-refractivity contribution < 1.29 is 8.42 Å². The monoisotopic (exact) mass is 255 g/mol. The van der Waals surface area contributed by atoms with Crippen molar-refractivity contribution in [2.24, 2.45) is 5.73 Å². The van der Waals surface area contributed by atoms with Crippen molar-refractivity contribution in [1.29, 1.82) is 0 Å². The molecule has 0 aromatic carbocycles. The molecule has 2 N–H and O–H groups in total. The Bertz CT molecular complexity index is 461. The van der Waals surface area contributed by atoms with Crippen LogP contribution in [-0.2, 0) is 15.8 Å². The summed E-state index contributed by atoms with van der Waals surface area (Å²) in [4.78, 5) is 4.04. The van der Waals surface area contributed by atoms with Gasteiger partial charge in [0, 0.05) is 25.3 Å². The fourth-order valence-corrected chi connectivity index (χ4v) is 3.54. The third-order valence-corrected chi connectivity index (χ3v) is 4.65. The number of nitrogens with two attached hydrogens (primary N) is 1. The molecule has 1 aromatic heterocycles. The standard InChI is InChI=1S/C11H17N3O2S/c12-10-4-3-7-14(8-10)17(15,16)9-11-5-1-2-6-13-11/h1-2,5-6,10H,3-4,7-9,12H2. The first-order chi connectivity index (χ1) is 8.08. The van der Waals surface area contributed by atoms with E-state index in [0.717, 1.165) is 12.8 Å². The minimum atomic E-state index is -3.28. The van der Waals surface area contributed by atoms with Gasteiger partial charge in [0.1, 0.15) is 5.75 Å². The first-order valence-corrected chi connectivity index (χ1v) is 7.32. The van der Waals surface area contributed by atoms with Crippen molar-refractivity contribution in [1.82, 2.24) is 9.29 Å². The zero-order chi connectivity index (χ0) is 12.3. The molecule has 0 bridgehead atoms. The highest BCUT2D eigenvalue weighted by molar-refractivity contribution is 7.88. The first kappa shape index (κ1) is 12.5. The lowest BCUT2D eigenvalue weighted by atomic mass is 10.1. The van der Waals surface area contributed by atoms with E-state index in [-0.39, 0.29) is 11.8 Å². The summed E-state index contributed by atoms with van der Waals surface area (Å²) in [7, 11) is -3.28. The lowest BCUT2D eigenvalue weighted by Crippen LogP contribution is -2.46. The highest BCUT2D eigenvalue weighted by Crippen LogP contribution is 2.15. The van der Waals surface area contributed by atoms with Gasteiger partial charge >= 0.3 is 0 Å². The number of pyridine rings is 1. The molecule has 94 valence electrons. The van der Waals surface area contributed by atoms with E-state index in [1.54, 1.807) is 24.4 Å². The Hall–Kier alpha value is -0.980. The Labute approximate surface area is 102 Å². The fourth-order valence-electron chi connectivity index (χ4n) is 1.99. The van der Waals surface area contributed by atoms with Crippen molar-refractivity contribution in [3.63, 3.8) is 0 Å². The van der Waals surface area contributed by atoms with Gasteiger partial charge in [-0.2, -0.15) is 0 Å². The molecule has 0 spiro atoms. The molecule has 6 heteroatoms. The summed E-state index contributed by atoms with van der Waals surface area (Å²) in [5.41, 5.74) is 6.37. The van der Waals surface area contributed by atoms with Gasteiger partial charge in [-0.15, -0.1) is 0 Å². The van der Waals surface area contributed by atoms with E-state index in [2.05, 4.69) is 4.98 Å². The second-order valence-electron chi connectivity index (χ2n) is 4.34. The molecule has 1 atom stereocenters. The van der Waals surface area contributed by atoms with E-state index in [4.69, 9.17) is 5.73 Å². The Morgan fingerprint density at radius 1 is 1.47 bits per heavy atom. The largest absolute Gasteiger partial charge is 0.327 e. The maximum absolute atomic E-state index is 12.1. The predicted octanol–water partition coefficient (Wildman–Crippen LogP) is 0.334. The molecular weight excluding hydrogens is 238 g/mol. The maximum Gasteiger partial charge on any atom is 0.219 e. The van der Waals surface area contributed by atoms with Crippen LogP contribution >= 0.6 is 0 Å². The van der Waals surface area contributed by atoms with Gasteiger partial charge < -0.3 is 5.73 Å². The van der Waals surface area contributed by atoms with E-state index in [1.165, 1.54) is 4.31 Å². The molecule has 0 radical (unpaired) electrons. The molecule has 1 unspecified atom stereocenters. The molecule has 2 rings (SSSR count). The number of aromatic nitrogens is 1. The van der Waals surface area contributed by atoms with Gasteiger partial charge in [-0.1, -0.05) is 6.07 Å². The van der Waals surface area contributed by atoms with Crippen molar-refractivity contribution in [2.45, 2.75) is 24.6 Å². The third kappa shape index (κ3) is 3.24. The van der Waals surface area contributed by atoms with Gasteiger partial charge in [-0.3, -0.25) is 4.98 Å². The number of hydrogen-bond acceptors (Lipinski definition) is 4. The zero-order valence-electron chi connectivity index (χ0n) is 9.62. The van der Waals surface area contributed by atoms with Crippen LogP contribution in [0.5, 0.6) is 0 Å². The minimum absolute atomic E-state index is 0.0396. The molecule has 2 heterocycles. The lowest BCUT2D eigenvalue weighted by molar-refractivity contribution is 0.315. The highest BCUT2D eigenvalue weighted by atomic mass is 32.2. The number of piperidine rings is 1. The molecule has 1 aromatic rings. The predicted molar refractivity (Wildman–Crippen MR) is 65.6 cm³/mol. The van der Waals surface area contributed by atoms with Crippen LogP contribution in [0.25, 0.3) is 0 Å². The van der Waals surface area contributed by atoms with Gasteiger partial charge in [0.2, 0.25) is 10.0 Å². The van der Waals surface area contributed by atoms with Crippen LogP contribution in [0.4, 0.5) is 0 Å². The third-order valence-electron chi connectivity index (χ3n) is 2.87. The summed E-state index contributed by atoms with van der Waals surface area (Å²) in [5.74, 6) is -0.0411.